The number of carbonyl (C=O) groups excluding carboxylic acids is 1. The first-order valence-corrected chi connectivity index (χ1v) is 7.55. The molecule has 0 atom stereocenters. The van der Waals surface area contributed by atoms with E-state index in [-0.39, 0.29) is 12.3 Å². The molecule has 0 spiro atoms. The highest BCUT2D eigenvalue weighted by Gasteiger charge is 2.08. The van der Waals surface area contributed by atoms with Crippen LogP contribution in [0.15, 0.2) is 28.8 Å². The van der Waals surface area contributed by atoms with Gasteiger partial charge in [0.05, 0.1) is 22.4 Å². The van der Waals surface area contributed by atoms with E-state index < -0.39 is 0 Å². The van der Waals surface area contributed by atoms with Crippen molar-refractivity contribution in [1.82, 2.24) is 15.1 Å². The molecule has 0 aliphatic rings. The molecule has 0 aliphatic heterocycles. The maximum absolute atomic E-state index is 12.0. The molecule has 7 heteroatoms. The molecule has 2 heterocycles. The minimum atomic E-state index is -0.117. The lowest BCUT2D eigenvalue weighted by Crippen LogP contribution is -2.12. The minimum absolute atomic E-state index is 0.117. The lowest BCUT2D eigenvalue weighted by atomic mass is 10.2. The van der Waals surface area contributed by atoms with Gasteiger partial charge in [-0.05, 0) is 32.0 Å². The van der Waals surface area contributed by atoms with E-state index in [1.165, 1.54) is 0 Å². The van der Waals surface area contributed by atoms with Crippen molar-refractivity contribution in [3.63, 3.8) is 0 Å². The number of hydrogen-bond donors (Lipinski definition) is 1. The van der Waals surface area contributed by atoms with Crippen molar-refractivity contribution >= 4 is 34.2 Å². The Labute approximate surface area is 137 Å². The van der Waals surface area contributed by atoms with Gasteiger partial charge in [-0.25, -0.2) is 9.97 Å². The highest BCUT2D eigenvalue weighted by Crippen LogP contribution is 2.18. The zero-order valence-corrected chi connectivity index (χ0v) is 13.5. The second-order valence-electron chi connectivity index (χ2n) is 5.26. The monoisotopic (exact) mass is 330 g/mol. The van der Waals surface area contributed by atoms with Gasteiger partial charge in [-0.2, -0.15) is 0 Å². The van der Waals surface area contributed by atoms with E-state index in [0.717, 1.165) is 22.4 Å². The number of rotatable bonds is 4. The quantitative estimate of drug-likeness (QED) is 0.792. The molecule has 6 nitrogen and oxygen atoms in total. The van der Waals surface area contributed by atoms with Crippen LogP contribution in [0.4, 0.5) is 5.69 Å². The smallest absolute Gasteiger partial charge is 0.224 e. The van der Waals surface area contributed by atoms with Gasteiger partial charge in [0.1, 0.15) is 5.76 Å². The number of aromatic nitrogens is 3. The van der Waals surface area contributed by atoms with Crippen LogP contribution in [0, 0.1) is 13.8 Å². The third-order valence-corrected chi connectivity index (χ3v) is 3.67. The number of halogens is 1. The second-order valence-corrected chi connectivity index (χ2v) is 5.65. The summed E-state index contributed by atoms with van der Waals surface area (Å²) in [7, 11) is 0. The number of carbonyl (C=O) groups is 1. The highest BCUT2D eigenvalue weighted by atomic mass is 35.5. The van der Waals surface area contributed by atoms with Crippen LogP contribution >= 0.6 is 11.6 Å². The molecule has 0 bridgehead atoms. The van der Waals surface area contributed by atoms with Crippen LogP contribution in [0.1, 0.15) is 23.6 Å². The summed E-state index contributed by atoms with van der Waals surface area (Å²) in [5.41, 5.74) is 4.04. The van der Waals surface area contributed by atoms with Gasteiger partial charge in [-0.1, -0.05) is 16.8 Å². The van der Waals surface area contributed by atoms with Crippen molar-refractivity contribution < 1.29 is 9.32 Å². The fourth-order valence-electron chi connectivity index (χ4n) is 2.17. The van der Waals surface area contributed by atoms with Crippen molar-refractivity contribution in [2.45, 2.75) is 26.7 Å². The summed E-state index contributed by atoms with van der Waals surface area (Å²) in [6, 6.07) is 7.08. The molecular weight excluding hydrogens is 316 g/mol. The Balaban J connectivity index is 1.68. The van der Waals surface area contributed by atoms with Gasteiger partial charge in [-0.3, -0.25) is 4.79 Å². The van der Waals surface area contributed by atoms with Gasteiger partial charge in [0.2, 0.25) is 5.91 Å². The summed E-state index contributed by atoms with van der Waals surface area (Å²) in [6.07, 6.45) is 0.722. The summed E-state index contributed by atoms with van der Waals surface area (Å²) < 4.78 is 4.97. The number of amides is 1. The number of benzene rings is 1. The maximum Gasteiger partial charge on any atom is 0.224 e. The molecule has 118 valence electrons. The molecule has 3 rings (SSSR count). The molecule has 23 heavy (non-hydrogen) atoms. The molecule has 0 aliphatic carbocycles. The maximum atomic E-state index is 12.0. The molecule has 2 aromatic heterocycles. The summed E-state index contributed by atoms with van der Waals surface area (Å²) in [6.45, 7) is 3.84. The number of hydrogen-bond acceptors (Lipinski definition) is 5. The van der Waals surface area contributed by atoms with Crippen LogP contribution in [0.3, 0.4) is 0 Å². The molecule has 1 aromatic carbocycles. The Kier molecular flexibility index (Phi) is 4.25. The first-order chi connectivity index (χ1) is 11.0. The van der Waals surface area contributed by atoms with Crippen molar-refractivity contribution in [1.29, 1.82) is 0 Å². The van der Waals surface area contributed by atoms with Crippen LogP contribution in [-0.4, -0.2) is 21.0 Å². The van der Waals surface area contributed by atoms with Gasteiger partial charge >= 0.3 is 0 Å². The number of nitrogens with one attached hydrogen (secondary N) is 1. The Morgan fingerprint density at radius 2 is 1.91 bits per heavy atom. The lowest BCUT2D eigenvalue weighted by molar-refractivity contribution is -0.116. The van der Waals surface area contributed by atoms with E-state index in [0.29, 0.717) is 23.0 Å². The Hall–Kier alpha value is -2.47. The molecular formula is C16H15ClN4O2. The Morgan fingerprint density at radius 3 is 2.61 bits per heavy atom. The zero-order chi connectivity index (χ0) is 16.4. The molecule has 0 fully saturated rings. The van der Waals surface area contributed by atoms with Crippen LogP contribution in [0.5, 0.6) is 0 Å². The van der Waals surface area contributed by atoms with Crippen LogP contribution < -0.4 is 5.32 Å². The van der Waals surface area contributed by atoms with E-state index in [1.807, 2.05) is 32.0 Å². The molecule has 0 saturated heterocycles. The van der Waals surface area contributed by atoms with Gasteiger partial charge in [0, 0.05) is 24.6 Å². The predicted octanol–water partition coefficient (Wildman–Crippen LogP) is 3.46. The number of anilines is 1. The average Bonchev–Trinajstić information content (AvgIpc) is 2.92. The molecule has 0 saturated carbocycles. The number of aryl methyl sites for hydroxylation is 3. The molecule has 0 unspecified atom stereocenters. The van der Waals surface area contributed by atoms with Crippen molar-refractivity contribution in [2.24, 2.45) is 0 Å². The molecule has 0 radical (unpaired) electrons. The molecule has 1 N–H and O–H groups in total. The predicted molar refractivity (Wildman–Crippen MR) is 87.5 cm³/mol. The van der Waals surface area contributed by atoms with Crippen molar-refractivity contribution in [3.8, 4) is 0 Å². The summed E-state index contributed by atoms with van der Waals surface area (Å²) in [5, 5.41) is 6.71. The summed E-state index contributed by atoms with van der Waals surface area (Å²) in [4.78, 5) is 21.0. The summed E-state index contributed by atoms with van der Waals surface area (Å²) in [5.74, 6) is 0.467. The van der Waals surface area contributed by atoms with Crippen LogP contribution in [-0.2, 0) is 11.2 Å². The van der Waals surface area contributed by atoms with Crippen molar-refractivity contribution in [2.75, 3.05) is 5.32 Å². The third-order valence-electron chi connectivity index (χ3n) is 3.49. The first-order valence-electron chi connectivity index (χ1n) is 7.17. The second kappa shape index (κ2) is 6.34. The van der Waals surface area contributed by atoms with E-state index >= 15 is 0 Å². The van der Waals surface area contributed by atoms with Crippen molar-refractivity contribution in [3.05, 3.63) is 46.6 Å². The van der Waals surface area contributed by atoms with Crippen LogP contribution in [0.2, 0.25) is 5.15 Å². The van der Waals surface area contributed by atoms with Gasteiger partial charge < -0.3 is 9.84 Å². The van der Waals surface area contributed by atoms with Gasteiger partial charge in [0.25, 0.3) is 0 Å². The van der Waals surface area contributed by atoms with Gasteiger partial charge in [-0.15, -0.1) is 0 Å². The van der Waals surface area contributed by atoms with E-state index in [1.54, 1.807) is 6.07 Å². The standard InChI is InChI=1S/C16H15ClN4O2/c1-9-10(2)19-14-7-11(3-5-13(14)18-9)20-16(22)6-4-12-8-15(17)21-23-12/h3,5,7-8H,4,6H2,1-2H3,(H,20,22). The SMILES string of the molecule is Cc1nc2ccc(NC(=O)CCc3cc(Cl)no3)cc2nc1C. The molecule has 1 amide bonds. The van der Waals surface area contributed by atoms with Crippen LogP contribution in [0.25, 0.3) is 11.0 Å². The fraction of sp³-hybridized carbons (Fsp3) is 0.250. The zero-order valence-electron chi connectivity index (χ0n) is 12.8. The number of fused-ring (bicyclic) bond motifs is 1. The minimum Gasteiger partial charge on any atom is -0.360 e. The normalized spacial score (nSPS) is 10.9. The first kappa shape index (κ1) is 15.4. The van der Waals surface area contributed by atoms with E-state index in [4.69, 9.17) is 16.1 Å². The highest BCUT2D eigenvalue weighted by molar-refractivity contribution is 6.29. The Morgan fingerprint density at radius 1 is 1.17 bits per heavy atom. The lowest BCUT2D eigenvalue weighted by Gasteiger charge is -2.07. The topological polar surface area (TPSA) is 80.9 Å². The Bertz CT molecular complexity index is 876. The molecule has 3 aromatic rings. The van der Waals surface area contributed by atoms with E-state index in [2.05, 4.69) is 20.4 Å². The fourth-order valence-corrected chi connectivity index (χ4v) is 2.33. The average molecular weight is 331 g/mol. The third kappa shape index (κ3) is 3.65. The largest absolute Gasteiger partial charge is 0.360 e. The van der Waals surface area contributed by atoms with Gasteiger partial charge in [0.15, 0.2) is 5.15 Å². The van der Waals surface area contributed by atoms with E-state index in [9.17, 15) is 4.79 Å². The number of nitrogens with zero attached hydrogens (tertiary/aromatic N) is 3. The summed E-state index contributed by atoms with van der Waals surface area (Å²) >= 11 is 5.67.